The molecule has 1 rings (SSSR count). The maximum Gasteiger partial charge on any atom is 0.0220 e. The highest BCUT2D eigenvalue weighted by Crippen LogP contribution is 2.15. The molecule has 2 nitrogen and oxygen atoms in total. The Labute approximate surface area is 70.0 Å². The second-order valence-electron chi connectivity index (χ2n) is 3.23. The van der Waals surface area contributed by atoms with Gasteiger partial charge < -0.3 is 5.32 Å². The summed E-state index contributed by atoms with van der Waals surface area (Å²) < 4.78 is 0. The summed E-state index contributed by atoms with van der Waals surface area (Å²) in [6, 6.07) is 0.819. The molecule has 66 valence electrons. The Balaban J connectivity index is 2.20. The van der Waals surface area contributed by atoms with Crippen LogP contribution in [0.15, 0.2) is 0 Å². The third-order valence-corrected chi connectivity index (χ3v) is 2.54. The van der Waals surface area contributed by atoms with Gasteiger partial charge in [0.25, 0.3) is 0 Å². The normalized spacial score (nSPS) is 26.2. The van der Waals surface area contributed by atoms with Gasteiger partial charge in [-0.25, -0.2) is 0 Å². The topological polar surface area (TPSA) is 15.3 Å². The van der Waals surface area contributed by atoms with E-state index in [0.717, 1.165) is 12.6 Å². The lowest BCUT2D eigenvalue weighted by Crippen LogP contribution is -2.37. The number of hydrogen-bond acceptors (Lipinski definition) is 2. The maximum absolute atomic E-state index is 3.41. The van der Waals surface area contributed by atoms with Crippen LogP contribution in [0.4, 0.5) is 0 Å². The zero-order valence-electron chi connectivity index (χ0n) is 7.77. The Hall–Kier alpha value is -0.0800. The Bertz CT molecular complexity index is 104. The molecular weight excluding hydrogens is 136 g/mol. The zero-order valence-corrected chi connectivity index (χ0v) is 7.77. The molecule has 0 spiro atoms. The van der Waals surface area contributed by atoms with Crippen molar-refractivity contribution in [2.45, 2.75) is 32.7 Å². The Morgan fingerprint density at radius 1 is 1.45 bits per heavy atom. The SMILES string of the molecule is CCNC[C@@H]1CCCN1CC. The first-order valence-corrected chi connectivity index (χ1v) is 4.83. The van der Waals surface area contributed by atoms with E-state index < -0.39 is 0 Å². The molecule has 1 heterocycles. The van der Waals surface area contributed by atoms with Crippen molar-refractivity contribution in [3.8, 4) is 0 Å². The van der Waals surface area contributed by atoms with Gasteiger partial charge in [-0.2, -0.15) is 0 Å². The highest BCUT2D eigenvalue weighted by Gasteiger charge is 2.21. The molecule has 1 aliphatic heterocycles. The zero-order chi connectivity index (χ0) is 8.10. The van der Waals surface area contributed by atoms with Crippen LogP contribution in [0.2, 0.25) is 0 Å². The molecule has 0 bridgehead atoms. The van der Waals surface area contributed by atoms with Crippen molar-refractivity contribution in [3.63, 3.8) is 0 Å². The quantitative estimate of drug-likeness (QED) is 0.655. The van der Waals surface area contributed by atoms with E-state index in [-0.39, 0.29) is 0 Å². The van der Waals surface area contributed by atoms with Crippen molar-refractivity contribution >= 4 is 0 Å². The van der Waals surface area contributed by atoms with Crippen LogP contribution in [0.5, 0.6) is 0 Å². The third kappa shape index (κ3) is 2.46. The summed E-state index contributed by atoms with van der Waals surface area (Å²) in [5.41, 5.74) is 0. The Morgan fingerprint density at radius 3 is 2.91 bits per heavy atom. The van der Waals surface area contributed by atoms with Gasteiger partial charge in [0, 0.05) is 12.6 Å². The molecule has 1 fully saturated rings. The number of nitrogens with one attached hydrogen (secondary N) is 1. The van der Waals surface area contributed by atoms with E-state index in [1.54, 1.807) is 0 Å². The minimum absolute atomic E-state index is 0.819. The predicted molar refractivity (Wildman–Crippen MR) is 48.8 cm³/mol. The van der Waals surface area contributed by atoms with E-state index in [9.17, 15) is 0 Å². The van der Waals surface area contributed by atoms with Crippen molar-refractivity contribution in [1.82, 2.24) is 10.2 Å². The summed E-state index contributed by atoms with van der Waals surface area (Å²) in [5, 5.41) is 3.41. The molecule has 1 saturated heterocycles. The molecule has 0 radical (unpaired) electrons. The first-order valence-electron chi connectivity index (χ1n) is 4.83. The summed E-state index contributed by atoms with van der Waals surface area (Å²) >= 11 is 0. The molecule has 0 amide bonds. The average Bonchev–Trinajstić information content (AvgIpc) is 2.47. The van der Waals surface area contributed by atoms with Gasteiger partial charge in [0.1, 0.15) is 0 Å². The minimum Gasteiger partial charge on any atom is -0.315 e. The molecule has 0 aromatic carbocycles. The summed E-state index contributed by atoms with van der Waals surface area (Å²) in [7, 11) is 0. The first-order chi connectivity index (χ1) is 5.38. The van der Waals surface area contributed by atoms with E-state index >= 15 is 0 Å². The average molecular weight is 156 g/mol. The molecule has 1 N–H and O–H groups in total. The molecule has 0 aromatic heterocycles. The number of likely N-dealkylation sites (N-methyl/N-ethyl adjacent to an activating group) is 2. The van der Waals surface area contributed by atoms with Crippen molar-refractivity contribution in [2.24, 2.45) is 0 Å². The van der Waals surface area contributed by atoms with Crippen LogP contribution in [0.25, 0.3) is 0 Å². The van der Waals surface area contributed by atoms with Gasteiger partial charge in [0.05, 0.1) is 0 Å². The van der Waals surface area contributed by atoms with Crippen molar-refractivity contribution in [1.29, 1.82) is 0 Å². The smallest absolute Gasteiger partial charge is 0.0220 e. The van der Waals surface area contributed by atoms with Crippen LogP contribution in [0, 0.1) is 0 Å². The summed E-state index contributed by atoms with van der Waals surface area (Å²) in [5.74, 6) is 0. The van der Waals surface area contributed by atoms with Gasteiger partial charge >= 0.3 is 0 Å². The molecule has 0 aromatic rings. The first kappa shape index (κ1) is 9.01. The van der Waals surface area contributed by atoms with Gasteiger partial charge in [-0.1, -0.05) is 13.8 Å². The van der Waals surface area contributed by atoms with E-state index in [0.29, 0.717) is 0 Å². The standard InChI is InChI=1S/C9H20N2/c1-3-10-8-9-6-5-7-11(9)4-2/h9-10H,3-8H2,1-2H3/t9-/m0/s1. The molecule has 2 heteroatoms. The van der Waals surface area contributed by atoms with Gasteiger partial charge in [-0.05, 0) is 32.5 Å². The van der Waals surface area contributed by atoms with Gasteiger partial charge in [0.15, 0.2) is 0 Å². The Kier molecular flexibility index (Phi) is 3.87. The molecule has 1 atom stereocenters. The predicted octanol–water partition coefficient (Wildman–Crippen LogP) is 1.08. The summed E-state index contributed by atoms with van der Waals surface area (Å²) in [4.78, 5) is 2.57. The van der Waals surface area contributed by atoms with Crippen molar-refractivity contribution in [2.75, 3.05) is 26.2 Å². The van der Waals surface area contributed by atoms with E-state index in [4.69, 9.17) is 0 Å². The van der Waals surface area contributed by atoms with E-state index in [1.807, 2.05) is 0 Å². The number of likely N-dealkylation sites (tertiary alicyclic amines) is 1. The monoisotopic (exact) mass is 156 g/mol. The van der Waals surface area contributed by atoms with Gasteiger partial charge in [0.2, 0.25) is 0 Å². The molecule has 0 unspecified atom stereocenters. The second-order valence-corrected chi connectivity index (χ2v) is 3.23. The van der Waals surface area contributed by atoms with Crippen LogP contribution in [0.1, 0.15) is 26.7 Å². The Morgan fingerprint density at radius 2 is 2.27 bits per heavy atom. The second kappa shape index (κ2) is 4.73. The summed E-state index contributed by atoms with van der Waals surface area (Å²) in [6.07, 6.45) is 2.78. The van der Waals surface area contributed by atoms with Crippen LogP contribution in [-0.2, 0) is 0 Å². The van der Waals surface area contributed by atoms with Crippen LogP contribution in [0.3, 0.4) is 0 Å². The molecule has 0 saturated carbocycles. The third-order valence-electron chi connectivity index (χ3n) is 2.54. The van der Waals surface area contributed by atoms with Gasteiger partial charge in [-0.15, -0.1) is 0 Å². The fraction of sp³-hybridized carbons (Fsp3) is 1.00. The fourth-order valence-corrected chi connectivity index (χ4v) is 1.85. The fourth-order valence-electron chi connectivity index (χ4n) is 1.85. The van der Waals surface area contributed by atoms with Crippen LogP contribution >= 0.6 is 0 Å². The highest BCUT2D eigenvalue weighted by molar-refractivity contribution is 4.79. The summed E-state index contributed by atoms with van der Waals surface area (Å²) in [6.45, 7) is 9.25. The number of hydrogen-bond donors (Lipinski definition) is 1. The van der Waals surface area contributed by atoms with E-state index in [2.05, 4.69) is 24.1 Å². The number of nitrogens with zero attached hydrogens (tertiary/aromatic N) is 1. The lowest BCUT2D eigenvalue weighted by molar-refractivity contribution is 0.261. The molecule has 1 aliphatic rings. The van der Waals surface area contributed by atoms with Crippen LogP contribution < -0.4 is 5.32 Å². The van der Waals surface area contributed by atoms with Crippen LogP contribution in [-0.4, -0.2) is 37.1 Å². The maximum atomic E-state index is 3.41. The lowest BCUT2D eigenvalue weighted by Gasteiger charge is -2.22. The van der Waals surface area contributed by atoms with E-state index in [1.165, 1.54) is 32.5 Å². The van der Waals surface area contributed by atoms with Gasteiger partial charge in [-0.3, -0.25) is 4.90 Å². The lowest BCUT2D eigenvalue weighted by atomic mass is 10.2. The molecule has 0 aliphatic carbocycles. The highest BCUT2D eigenvalue weighted by atomic mass is 15.2. The van der Waals surface area contributed by atoms with Crippen molar-refractivity contribution in [3.05, 3.63) is 0 Å². The number of rotatable bonds is 4. The largest absolute Gasteiger partial charge is 0.315 e. The molecule has 11 heavy (non-hydrogen) atoms. The molecular formula is C9H20N2. The minimum atomic E-state index is 0.819. The van der Waals surface area contributed by atoms with Crippen molar-refractivity contribution < 1.29 is 0 Å².